The minimum atomic E-state index is 0.441. The maximum absolute atomic E-state index is 5.62. The summed E-state index contributed by atoms with van der Waals surface area (Å²) >= 11 is 3.41. The first-order chi connectivity index (χ1) is 9.78. The molecular formula is C15H19BrN2O2. The van der Waals surface area contributed by atoms with Gasteiger partial charge in [0, 0.05) is 17.1 Å². The van der Waals surface area contributed by atoms with Crippen molar-refractivity contribution >= 4 is 15.9 Å². The van der Waals surface area contributed by atoms with E-state index in [4.69, 9.17) is 9.26 Å². The number of aromatic nitrogens is 1. The molecule has 0 atom stereocenters. The molecule has 0 fully saturated rings. The van der Waals surface area contributed by atoms with Gasteiger partial charge in [-0.05, 0) is 30.7 Å². The number of hydrogen-bond acceptors (Lipinski definition) is 4. The Kier molecular flexibility index (Phi) is 6.24. The SMILES string of the molecule is CCCNCc1cc(COCc2ccc(Br)cc2)on1. The molecule has 0 aliphatic heterocycles. The van der Waals surface area contributed by atoms with Gasteiger partial charge in [-0.1, -0.05) is 40.1 Å². The lowest BCUT2D eigenvalue weighted by Gasteiger charge is -2.02. The number of nitrogens with one attached hydrogen (secondary N) is 1. The Balaban J connectivity index is 1.72. The molecule has 1 N–H and O–H groups in total. The normalized spacial score (nSPS) is 10.9. The van der Waals surface area contributed by atoms with Crippen LogP contribution >= 0.6 is 15.9 Å². The van der Waals surface area contributed by atoms with Crippen molar-refractivity contribution in [3.63, 3.8) is 0 Å². The summed E-state index contributed by atoms with van der Waals surface area (Å²) in [5.41, 5.74) is 2.05. The molecule has 0 aliphatic rings. The van der Waals surface area contributed by atoms with Gasteiger partial charge in [0.15, 0.2) is 5.76 Å². The number of hydrogen-bond donors (Lipinski definition) is 1. The highest BCUT2D eigenvalue weighted by Gasteiger charge is 2.04. The monoisotopic (exact) mass is 338 g/mol. The van der Waals surface area contributed by atoms with Crippen LogP contribution < -0.4 is 5.32 Å². The van der Waals surface area contributed by atoms with Crippen molar-refractivity contribution in [1.29, 1.82) is 0 Å². The third-order valence-electron chi connectivity index (χ3n) is 2.77. The van der Waals surface area contributed by atoms with Gasteiger partial charge in [0.1, 0.15) is 6.61 Å². The van der Waals surface area contributed by atoms with E-state index < -0.39 is 0 Å². The van der Waals surface area contributed by atoms with E-state index in [9.17, 15) is 0 Å². The molecule has 20 heavy (non-hydrogen) atoms. The maximum Gasteiger partial charge on any atom is 0.162 e. The fourth-order valence-electron chi connectivity index (χ4n) is 1.75. The molecule has 0 aliphatic carbocycles. The number of ether oxygens (including phenoxy) is 1. The fourth-order valence-corrected chi connectivity index (χ4v) is 2.01. The zero-order valence-electron chi connectivity index (χ0n) is 11.6. The molecule has 4 nitrogen and oxygen atoms in total. The summed E-state index contributed by atoms with van der Waals surface area (Å²) in [6, 6.07) is 10.0. The van der Waals surface area contributed by atoms with Crippen LogP contribution in [0, 0.1) is 0 Å². The predicted molar refractivity (Wildman–Crippen MR) is 81.1 cm³/mol. The summed E-state index contributed by atoms with van der Waals surface area (Å²) in [5.74, 6) is 0.760. The van der Waals surface area contributed by atoms with Crippen LogP contribution in [0.25, 0.3) is 0 Å². The second-order valence-corrected chi connectivity index (χ2v) is 5.50. The highest BCUT2D eigenvalue weighted by molar-refractivity contribution is 9.10. The van der Waals surface area contributed by atoms with Crippen LogP contribution in [-0.4, -0.2) is 11.7 Å². The van der Waals surface area contributed by atoms with Crippen LogP contribution in [0.4, 0.5) is 0 Å². The van der Waals surface area contributed by atoms with Gasteiger partial charge in [-0.3, -0.25) is 0 Å². The molecule has 0 saturated carbocycles. The average molecular weight is 339 g/mol. The molecule has 0 radical (unpaired) electrons. The molecule has 0 amide bonds. The second-order valence-electron chi connectivity index (χ2n) is 4.58. The maximum atomic E-state index is 5.62. The third-order valence-corrected chi connectivity index (χ3v) is 3.30. The van der Waals surface area contributed by atoms with E-state index in [1.54, 1.807) is 0 Å². The quantitative estimate of drug-likeness (QED) is 0.746. The molecule has 1 aromatic heterocycles. The fraction of sp³-hybridized carbons (Fsp3) is 0.400. The molecule has 108 valence electrons. The standard InChI is InChI=1S/C15H19BrN2O2/c1-2-7-17-9-14-8-15(20-18-14)11-19-10-12-3-5-13(16)6-4-12/h3-6,8,17H,2,7,9-11H2,1H3. The highest BCUT2D eigenvalue weighted by atomic mass is 79.9. The molecule has 0 unspecified atom stereocenters. The van der Waals surface area contributed by atoms with E-state index in [0.29, 0.717) is 13.2 Å². The van der Waals surface area contributed by atoms with Gasteiger partial charge in [0.25, 0.3) is 0 Å². The summed E-state index contributed by atoms with van der Waals surface area (Å²) in [6.45, 7) is 4.87. The van der Waals surface area contributed by atoms with Crippen molar-refractivity contribution < 1.29 is 9.26 Å². The van der Waals surface area contributed by atoms with E-state index in [-0.39, 0.29) is 0 Å². The zero-order chi connectivity index (χ0) is 14.2. The van der Waals surface area contributed by atoms with Crippen LogP contribution in [0.15, 0.2) is 39.3 Å². The Morgan fingerprint density at radius 1 is 1.25 bits per heavy atom. The van der Waals surface area contributed by atoms with Crippen molar-refractivity contribution in [2.24, 2.45) is 0 Å². The Hall–Kier alpha value is -1.17. The first kappa shape index (κ1) is 15.2. The molecule has 2 aromatic rings. The molecule has 0 saturated heterocycles. The van der Waals surface area contributed by atoms with E-state index in [2.05, 4.69) is 33.3 Å². The molecular weight excluding hydrogens is 320 g/mol. The molecule has 0 spiro atoms. The van der Waals surface area contributed by atoms with E-state index in [0.717, 1.165) is 41.0 Å². The van der Waals surface area contributed by atoms with Crippen LogP contribution in [0.1, 0.15) is 30.4 Å². The van der Waals surface area contributed by atoms with Gasteiger partial charge in [-0.15, -0.1) is 0 Å². The third kappa shape index (κ3) is 5.07. The summed E-state index contributed by atoms with van der Waals surface area (Å²) in [7, 11) is 0. The lowest BCUT2D eigenvalue weighted by Crippen LogP contribution is -2.13. The van der Waals surface area contributed by atoms with Gasteiger partial charge in [0.2, 0.25) is 0 Å². The summed E-state index contributed by atoms with van der Waals surface area (Å²) in [6.07, 6.45) is 1.11. The van der Waals surface area contributed by atoms with Crippen LogP contribution in [0.2, 0.25) is 0 Å². The lowest BCUT2D eigenvalue weighted by molar-refractivity contribution is 0.0883. The number of halogens is 1. The summed E-state index contributed by atoms with van der Waals surface area (Å²) in [5, 5.41) is 7.29. The van der Waals surface area contributed by atoms with Gasteiger partial charge in [0.05, 0.1) is 12.3 Å². The molecule has 0 bridgehead atoms. The number of benzene rings is 1. The van der Waals surface area contributed by atoms with Gasteiger partial charge in [-0.2, -0.15) is 0 Å². The zero-order valence-corrected chi connectivity index (χ0v) is 13.1. The first-order valence-corrected chi connectivity index (χ1v) is 7.54. The topological polar surface area (TPSA) is 47.3 Å². The van der Waals surface area contributed by atoms with Crippen molar-refractivity contribution in [1.82, 2.24) is 10.5 Å². The Labute approximate surface area is 127 Å². The van der Waals surface area contributed by atoms with Gasteiger partial charge >= 0.3 is 0 Å². The minimum absolute atomic E-state index is 0.441. The number of nitrogens with zero attached hydrogens (tertiary/aromatic N) is 1. The lowest BCUT2D eigenvalue weighted by atomic mass is 10.2. The largest absolute Gasteiger partial charge is 0.369 e. The molecule has 1 heterocycles. The molecule has 5 heteroatoms. The van der Waals surface area contributed by atoms with Crippen LogP contribution in [-0.2, 0) is 24.5 Å². The van der Waals surface area contributed by atoms with Crippen LogP contribution in [0.3, 0.4) is 0 Å². The van der Waals surface area contributed by atoms with E-state index >= 15 is 0 Å². The van der Waals surface area contributed by atoms with Gasteiger partial charge in [-0.25, -0.2) is 0 Å². The van der Waals surface area contributed by atoms with Crippen molar-refractivity contribution in [2.75, 3.05) is 6.54 Å². The van der Waals surface area contributed by atoms with Crippen molar-refractivity contribution in [3.8, 4) is 0 Å². The number of rotatable bonds is 8. The van der Waals surface area contributed by atoms with Crippen molar-refractivity contribution in [2.45, 2.75) is 33.1 Å². The highest BCUT2D eigenvalue weighted by Crippen LogP contribution is 2.12. The van der Waals surface area contributed by atoms with E-state index in [1.165, 1.54) is 0 Å². The van der Waals surface area contributed by atoms with Gasteiger partial charge < -0.3 is 14.6 Å². The Morgan fingerprint density at radius 3 is 2.80 bits per heavy atom. The molecule has 1 aromatic carbocycles. The minimum Gasteiger partial charge on any atom is -0.369 e. The summed E-state index contributed by atoms with van der Waals surface area (Å²) in [4.78, 5) is 0. The smallest absolute Gasteiger partial charge is 0.162 e. The average Bonchev–Trinajstić information content (AvgIpc) is 2.89. The van der Waals surface area contributed by atoms with Crippen molar-refractivity contribution in [3.05, 3.63) is 51.8 Å². The molecule has 2 rings (SSSR count). The second kappa shape index (κ2) is 8.19. The summed E-state index contributed by atoms with van der Waals surface area (Å²) < 4.78 is 11.9. The first-order valence-electron chi connectivity index (χ1n) is 6.75. The predicted octanol–water partition coefficient (Wildman–Crippen LogP) is 3.65. The Morgan fingerprint density at radius 2 is 2.05 bits per heavy atom. The van der Waals surface area contributed by atoms with Crippen LogP contribution in [0.5, 0.6) is 0 Å². The van der Waals surface area contributed by atoms with E-state index in [1.807, 2.05) is 30.3 Å². The Bertz CT molecular complexity index is 511.